The van der Waals surface area contributed by atoms with Gasteiger partial charge in [0.15, 0.2) is 13.9 Å². The first kappa shape index (κ1) is 22.8. The Balaban J connectivity index is 1.87. The van der Waals surface area contributed by atoms with Crippen molar-refractivity contribution in [2.45, 2.75) is 82.7 Å². The zero-order valence-electron chi connectivity index (χ0n) is 19.4. The number of carbonyl (C=O) groups is 2. The summed E-state index contributed by atoms with van der Waals surface area (Å²) in [6, 6.07) is 3.91. The molecule has 1 heterocycles. The maximum atomic E-state index is 12.9. The first-order valence-corrected chi connectivity index (χ1v) is 13.7. The SMILES string of the molecule is COC(=O)C1(O[Si](C)(C)C(C)(C)C)CCC(c2ccc(N)c3c2CN(C)C3=O)CC1. The van der Waals surface area contributed by atoms with Gasteiger partial charge in [-0.25, -0.2) is 4.79 Å². The number of hydrogen-bond donors (Lipinski definition) is 1. The molecule has 0 spiro atoms. The summed E-state index contributed by atoms with van der Waals surface area (Å²) < 4.78 is 11.9. The first-order valence-electron chi connectivity index (χ1n) is 10.8. The summed E-state index contributed by atoms with van der Waals surface area (Å²) >= 11 is 0. The van der Waals surface area contributed by atoms with E-state index in [0.29, 0.717) is 30.6 Å². The van der Waals surface area contributed by atoms with Gasteiger partial charge in [0.25, 0.3) is 5.91 Å². The number of amides is 1. The minimum atomic E-state index is -2.16. The Bertz CT molecular complexity index is 851. The van der Waals surface area contributed by atoms with Crippen molar-refractivity contribution in [1.82, 2.24) is 4.90 Å². The molecule has 2 aliphatic rings. The molecule has 0 saturated heterocycles. The summed E-state index contributed by atoms with van der Waals surface area (Å²) in [5.74, 6) is 0.00740. The fraction of sp³-hybridized carbons (Fsp3) is 0.652. The van der Waals surface area contributed by atoms with Gasteiger partial charge in [-0.1, -0.05) is 26.8 Å². The van der Waals surface area contributed by atoms with Crippen molar-refractivity contribution < 1.29 is 18.8 Å². The van der Waals surface area contributed by atoms with E-state index in [1.807, 2.05) is 13.1 Å². The molecule has 166 valence electrons. The van der Waals surface area contributed by atoms with Gasteiger partial charge in [-0.3, -0.25) is 4.79 Å². The summed E-state index contributed by atoms with van der Waals surface area (Å²) in [4.78, 5) is 27.1. The Morgan fingerprint density at radius 2 is 1.83 bits per heavy atom. The Morgan fingerprint density at radius 1 is 1.23 bits per heavy atom. The molecule has 0 aromatic heterocycles. The standard InChI is InChI=1S/C23H36N2O4Si/c1-22(2,3)30(6,7)29-23(21(27)28-5)12-10-15(11-13-23)16-8-9-18(24)19-17(16)14-25(4)20(19)26/h8-9,15H,10-14,24H2,1-7H3. The van der Waals surface area contributed by atoms with Crippen LogP contribution in [-0.2, 0) is 20.5 Å². The quantitative estimate of drug-likeness (QED) is 0.432. The monoisotopic (exact) mass is 432 g/mol. The number of carbonyl (C=O) groups excluding carboxylic acids is 2. The third kappa shape index (κ3) is 3.78. The van der Waals surface area contributed by atoms with Crippen LogP contribution >= 0.6 is 0 Å². The largest absolute Gasteiger partial charge is 0.467 e. The Labute approximate surface area is 181 Å². The van der Waals surface area contributed by atoms with E-state index in [2.05, 4.69) is 39.9 Å². The van der Waals surface area contributed by atoms with Crippen LogP contribution < -0.4 is 5.73 Å². The zero-order chi connectivity index (χ0) is 22.5. The molecule has 1 aromatic rings. The molecule has 0 radical (unpaired) electrons. The molecule has 6 nitrogen and oxygen atoms in total. The van der Waals surface area contributed by atoms with Gasteiger partial charge in [-0.15, -0.1) is 0 Å². The van der Waals surface area contributed by atoms with Crippen molar-refractivity contribution >= 4 is 25.9 Å². The van der Waals surface area contributed by atoms with E-state index >= 15 is 0 Å². The molecule has 3 rings (SSSR count). The lowest BCUT2D eigenvalue weighted by atomic mass is 9.74. The van der Waals surface area contributed by atoms with E-state index in [1.54, 1.807) is 4.90 Å². The predicted molar refractivity (Wildman–Crippen MR) is 121 cm³/mol. The highest BCUT2D eigenvalue weighted by Gasteiger charge is 2.51. The van der Waals surface area contributed by atoms with Crippen LogP contribution in [0.15, 0.2) is 12.1 Å². The molecule has 7 heteroatoms. The smallest absolute Gasteiger partial charge is 0.336 e. The van der Waals surface area contributed by atoms with E-state index in [1.165, 1.54) is 12.7 Å². The predicted octanol–water partition coefficient (Wildman–Crippen LogP) is 4.45. The third-order valence-electron chi connectivity index (χ3n) is 7.38. The number of anilines is 1. The Hall–Kier alpha value is -1.86. The van der Waals surface area contributed by atoms with Gasteiger partial charge < -0.3 is 19.8 Å². The summed E-state index contributed by atoms with van der Waals surface area (Å²) in [5.41, 5.74) is 8.66. The normalized spacial score (nSPS) is 24.7. The average Bonchev–Trinajstić information content (AvgIpc) is 2.96. The average molecular weight is 433 g/mol. The minimum Gasteiger partial charge on any atom is -0.467 e. The highest BCUT2D eigenvalue weighted by Crippen LogP contribution is 2.47. The van der Waals surface area contributed by atoms with Gasteiger partial charge >= 0.3 is 5.97 Å². The molecule has 30 heavy (non-hydrogen) atoms. The third-order valence-corrected chi connectivity index (χ3v) is 11.9. The molecule has 0 atom stereocenters. The van der Waals surface area contributed by atoms with Crippen LogP contribution in [0.25, 0.3) is 0 Å². The fourth-order valence-electron chi connectivity index (χ4n) is 4.56. The van der Waals surface area contributed by atoms with E-state index in [-0.39, 0.29) is 22.8 Å². The van der Waals surface area contributed by atoms with Crippen molar-refractivity contribution in [3.8, 4) is 0 Å². The number of benzene rings is 1. The number of esters is 1. The number of fused-ring (bicyclic) bond motifs is 1. The second-order valence-corrected chi connectivity index (χ2v) is 15.1. The number of nitrogens with zero attached hydrogens (tertiary/aromatic N) is 1. The van der Waals surface area contributed by atoms with Gasteiger partial charge in [-0.2, -0.15) is 0 Å². The maximum absolute atomic E-state index is 12.9. The molecule has 1 amide bonds. The number of nitrogen functional groups attached to an aromatic ring is 1. The Kier molecular flexibility index (Phi) is 5.84. The summed E-state index contributed by atoms with van der Waals surface area (Å²) in [5, 5.41) is 0.00754. The summed E-state index contributed by atoms with van der Waals surface area (Å²) in [6.07, 6.45) is 2.88. The van der Waals surface area contributed by atoms with E-state index < -0.39 is 13.9 Å². The van der Waals surface area contributed by atoms with E-state index in [9.17, 15) is 9.59 Å². The lowest BCUT2D eigenvalue weighted by Crippen LogP contribution is -2.55. The molecular weight excluding hydrogens is 396 g/mol. The van der Waals surface area contributed by atoms with Crippen molar-refractivity contribution in [2.75, 3.05) is 19.9 Å². The van der Waals surface area contributed by atoms with Crippen molar-refractivity contribution in [3.63, 3.8) is 0 Å². The zero-order valence-corrected chi connectivity index (χ0v) is 20.4. The molecule has 1 aliphatic heterocycles. The van der Waals surface area contributed by atoms with Crippen molar-refractivity contribution in [2.24, 2.45) is 0 Å². The van der Waals surface area contributed by atoms with Gasteiger partial charge in [-0.05, 0) is 66.9 Å². The van der Waals surface area contributed by atoms with Gasteiger partial charge in [0.05, 0.1) is 12.7 Å². The lowest BCUT2D eigenvalue weighted by molar-refractivity contribution is -0.163. The molecule has 1 saturated carbocycles. The molecule has 1 aromatic carbocycles. The number of ether oxygens (including phenoxy) is 1. The van der Waals surface area contributed by atoms with Crippen molar-refractivity contribution in [1.29, 1.82) is 0 Å². The molecule has 1 aliphatic carbocycles. The molecule has 1 fully saturated rings. The summed E-state index contributed by atoms with van der Waals surface area (Å²) in [7, 11) is 1.10. The number of nitrogens with two attached hydrogens (primary N) is 1. The number of rotatable bonds is 4. The van der Waals surface area contributed by atoms with Gasteiger partial charge in [0, 0.05) is 19.3 Å². The van der Waals surface area contributed by atoms with Crippen LogP contribution in [0.3, 0.4) is 0 Å². The van der Waals surface area contributed by atoms with E-state index in [0.717, 1.165) is 18.4 Å². The van der Waals surface area contributed by atoms with Crippen LogP contribution in [0, 0.1) is 0 Å². The first-order chi connectivity index (χ1) is 13.8. The molecule has 0 bridgehead atoms. The highest BCUT2D eigenvalue weighted by molar-refractivity contribution is 6.74. The molecular formula is C23H36N2O4Si. The van der Waals surface area contributed by atoms with Crippen LogP contribution in [0.2, 0.25) is 18.1 Å². The number of hydrogen-bond acceptors (Lipinski definition) is 5. The summed E-state index contributed by atoms with van der Waals surface area (Å²) in [6.45, 7) is 11.5. The second kappa shape index (κ2) is 7.68. The molecule has 0 unspecified atom stereocenters. The van der Waals surface area contributed by atoms with Gasteiger partial charge in [0.1, 0.15) is 0 Å². The van der Waals surface area contributed by atoms with E-state index in [4.69, 9.17) is 14.9 Å². The minimum absolute atomic E-state index is 0.00754. The fourth-order valence-corrected chi connectivity index (χ4v) is 6.13. The van der Waals surface area contributed by atoms with Crippen molar-refractivity contribution in [3.05, 3.63) is 28.8 Å². The topological polar surface area (TPSA) is 81.9 Å². The molecule has 2 N–H and O–H groups in total. The maximum Gasteiger partial charge on any atom is 0.336 e. The second-order valence-electron chi connectivity index (χ2n) is 10.4. The lowest BCUT2D eigenvalue weighted by Gasteiger charge is -2.46. The highest BCUT2D eigenvalue weighted by atomic mass is 28.4. The van der Waals surface area contributed by atoms with Crippen LogP contribution in [-0.4, -0.2) is 44.9 Å². The van der Waals surface area contributed by atoms with Crippen LogP contribution in [0.4, 0.5) is 5.69 Å². The van der Waals surface area contributed by atoms with Crippen LogP contribution in [0.5, 0.6) is 0 Å². The van der Waals surface area contributed by atoms with Gasteiger partial charge in [0.2, 0.25) is 0 Å². The number of methoxy groups -OCH3 is 1. The Morgan fingerprint density at radius 3 is 2.37 bits per heavy atom. The van der Waals surface area contributed by atoms with Crippen LogP contribution in [0.1, 0.15) is 73.9 Å².